The molecular formula is C15H15N3O. The van der Waals surface area contributed by atoms with Crippen LogP contribution >= 0.6 is 0 Å². The van der Waals surface area contributed by atoms with Crippen LogP contribution in [0.4, 0.5) is 11.6 Å². The standard InChI is InChI=1S/C15H15N3O/c1-2-19-12-8-9-13-14(10-12)18-15(17-13)16-11-6-4-3-5-7-11/h3-10H,2H2,1H3,(H2,16,17,18). The quantitative estimate of drug-likeness (QED) is 0.745. The predicted octanol–water partition coefficient (Wildman–Crippen LogP) is 3.71. The van der Waals surface area contributed by atoms with Gasteiger partial charge >= 0.3 is 0 Å². The van der Waals surface area contributed by atoms with Crippen molar-refractivity contribution in [1.82, 2.24) is 9.97 Å². The summed E-state index contributed by atoms with van der Waals surface area (Å²) >= 11 is 0. The third-order valence-corrected chi connectivity index (χ3v) is 2.80. The van der Waals surface area contributed by atoms with E-state index < -0.39 is 0 Å². The Morgan fingerprint density at radius 3 is 2.79 bits per heavy atom. The smallest absolute Gasteiger partial charge is 0.205 e. The molecular weight excluding hydrogens is 238 g/mol. The van der Waals surface area contributed by atoms with E-state index in [2.05, 4.69) is 15.3 Å². The van der Waals surface area contributed by atoms with E-state index in [9.17, 15) is 0 Å². The number of imidazole rings is 1. The first kappa shape index (κ1) is 11.6. The van der Waals surface area contributed by atoms with Gasteiger partial charge in [-0.05, 0) is 31.2 Å². The number of ether oxygens (including phenoxy) is 1. The second-order valence-electron chi connectivity index (χ2n) is 4.19. The molecule has 4 heteroatoms. The lowest BCUT2D eigenvalue weighted by molar-refractivity contribution is 0.340. The van der Waals surface area contributed by atoms with Crippen molar-refractivity contribution < 1.29 is 4.74 Å². The molecule has 0 radical (unpaired) electrons. The van der Waals surface area contributed by atoms with Gasteiger partial charge in [0.2, 0.25) is 5.95 Å². The number of aromatic nitrogens is 2. The molecule has 0 aliphatic heterocycles. The van der Waals surface area contributed by atoms with Gasteiger partial charge in [-0.3, -0.25) is 0 Å². The van der Waals surface area contributed by atoms with Crippen LogP contribution in [0.2, 0.25) is 0 Å². The molecule has 0 saturated heterocycles. The number of para-hydroxylation sites is 1. The number of H-pyrrole nitrogens is 1. The van der Waals surface area contributed by atoms with Gasteiger partial charge in [-0.25, -0.2) is 4.98 Å². The Hall–Kier alpha value is -2.49. The highest BCUT2D eigenvalue weighted by atomic mass is 16.5. The Morgan fingerprint density at radius 1 is 1.16 bits per heavy atom. The second kappa shape index (κ2) is 5.02. The lowest BCUT2D eigenvalue weighted by Crippen LogP contribution is -1.91. The van der Waals surface area contributed by atoms with Crippen LogP contribution in [0, 0.1) is 0 Å². The van der Waals surface area contributed by atoms with Gasteiger partial charge in [-0.2, -0.15) is 0 Å². The van der Waals surface area contributed by atoms with Crippen molar-refractivity contribution in [3.8, 4) is 5.75 Å². The van der Waals surface area contributed by atoms with Crippen molar-refractivity contribution in [1.29, 1.82) is 0 Å². The van der Waals surface area contributed by atoms with Crippen molar-refractivity contribution in [3.05, 3.63) is 48.5 Å². The van der Waals surface area contributed by atoms with E-state index in [1.165, 1.54) is 0 Å². The fourth-order valence-electron chi connectivity index (χ4n) is 1.96. The molecule has 0 bridgehead atoms. The summed E-state index contributed by atoms with van der Waals surface area (Å²) in [4.78, 5) is 7.73. The van der Waals surface area contributed by atoms with Gasteiger partial charge in [0.25, 0.3) is 0 Å². The maximum atomic E-state index is 5.47. The number of hydrogen-bond donors (Lipinski definition) is 2. The SMILES string of the molecule is CCOc1ccc2nc(Nc3ccccc3)[nH]c2c1. The van der Waals surface area contributed by atoms with Gasteiger partial charge in [0.05, 0.1) is 17.6 Å². The van der Waals surface area contributed by atoms with Gasteiger partial charge in [0.1, 0.15) is 5.75 Å². The highest BCUT2D eigenvalue weighted by molar-refractivity contribution is 5.79. The highest BCUT2D eigenvalue weighted by Crippen LogP contribution is 2.22. The van der Waals surface area contributed by atoms with E-state index in [1.54, 1.807) is 0 Å². The van der Waals surface area contributed by atoms with Crippen molar-refractivity contribution in [2.24, 2.45) is 0 Å². The molecule has 0 unspecified atom stereocenters. The van der Waals surface area contributed by atoms with Crippen LogP contribution < -0.4 is 10.1 Å². The summed E-state index contributed by atoms with van der Waals surface area (Å²) in [5, 5.41) is 3.24. The number of rotatable bonds is 4. The molecule has 3 rings (SSSR count). The van der Waals surface area contributed by atoms with Crippen molar-refractivity contribution in [2.45, 2.75) is 6.92 Å². The molecule has 0 aliphatic rings. The molecule has 0 amide bonds. The summed E-state index contributed by atoms with van der Waals surface area (Å²) in [5.74, 6) is 1.58. The molecule has 1 aromatic heterocycles. The molecule has 0 fully saturated rings. The average Bonchev–Trinajstić information content (AvgIpc) is 2.82. The van der Waals surface area contributed by atoms with Crippen LogP contribution in [0.1, 0.15) is 6.92 Å². The van der Waals surface area contributed by atoms with Crippen molar-refractivity contribution >= 4 is 22.7 Å². The van der Waals surface area contributed by atoms with E-state index >= 15 is 0 Å². The molecule has 0 atom stereocenters. The molecule has 0 saturated carbocycles. The lowest BCUT2D eigenvalue weighted by Gasteiger charge is -2.01. The molecule has 2 aromatic carbocycles. The minimum atomic E-state index is 0.661. The fraction of sp³-hybridized carbons (Fsp3) is 0.133. The fourth-order valence-corrected chi connectivity index (χ4v) is 1.96. The Kier molecular flexibility index (Phi) is 3.06. The van der Waals surface area contributed by atoms with E-state index in [1.807, 2.05) is 55.5 Å². The van der Waals surface area contributed by atoms with Crippen molar-refractivity contribution in [3.63, 3.8) is 0 Å². The topological polar surface area (TPSA) is 49.9 Å². The number of aromatic amines is 1. The zero-order valence-electron chi connectivity index (χ0n) is 10.7. The van der Waals surface area contributed by atoms with Gasteiger partial charge in [-0.15, -0.1) is 0 Å². The summed E-state index contributed by atoms with van der Waals surface area (Å²) in [6.07, 6.45) is 0. The molecule has 19 heavy (non-hydrogen) atoms. The van der Waals surface area contributed by atoms with Gasteiger partial charge in [0, 0.05) is 11.8 Å². The summed E-state index contributed by atoms with van der Waals surface area (Å²) in [6, 6.07) is 15.8. The maximum absolute atomic E-state index is 5.47. The summed E-state index contributed by atoms with van der Waals surface area (Å²) in [6.45, 7) is 2.63. The normalized spacial score (nSPS) is 10.6. The molecule has 1 heterocycles. The minimum Gasteiger partial charge on any atom is -0.494 e. The third-order valence-electron chi connectivity index (χ3n) is 2.80. The van der Waals surface area contributed by atoms with E-state index in [0.717, 1.165) is 28.4 Å². The zero-order chi connectivity index (χ0) is 13.1. The Balaban J connectivity index is 1.89. The summed E-state index contributed by atoms with van der Waals surface area (Å²) < 4.78 is 5.47. The minimum absolute atomic E-state index is 0.661. The first-order chi connectivity index (χ1) is 9.35. The Labute approximate surface area is 111 Å². The first-order valence-corrected chi connectivity index (χ1v) is 6.30. The average molecular weight is 253 g/mol. The predicted molar refractivity (Wildman–Crippen MR) is 77.0 cm³/mol. The Morgan fingerprint density at radius 2 is 2.00 bits per heavy atom. The first-order valence-electron chi connectivity index (χ1n) is 6.30. The summed E-state index contributed by atoms with van der Waals surface area (Å²) in [7, 11) is 0. The van der Waals surface area contributed by atoms with Crippen LogP contribution in [-0.2, 0) is 0 Å². The van der Waals surface area contributed by atoms with Gasteiger partial charge < -0.3 is 15.0 Å². The molecule has 96 valence electrons. The zero-order valence-corrected chi connectivity index (χ0v) is 10.7. The van der Waals surface area contributed by atoms with Gasteiger partial charge in [0.15, 0.2) is 0 Å². The molecule has 0 spiro atoms. The highest BCUT2D eigenvalue weighted by Gasteiger charge is 2.04. The molecule has 4 nitrogen and oxygen atoms in total. The van der Waals surface area contributed by atoms with E-state index in [0.29, 0.717) is 6.61 Å². The number of nitrogens with one attached hydrogen (secondary N) is 2. The monoisotopic (exact) mass is 253 g/mol. The maximum Gasteiger partial charge on any atom is 0.205 e. The molecule has 0 aliphatic carbocycles. The largest absolute Gasteiger partial charge is 0.494 e. The number of hydrogen-bond acceptors (Lipinski definition) is 3. The van der Waals surface area contributed by atoms with E-state index in [-0.39, 0.29) is 0 Å². The molecule has 3 aromatic rings. The van der Waals surface area contributed by atoms with Crippen LogP contribution in [-0.4, -0.2) is 16.6 Å². The molecule has 2 N–H and O–H groups in total. The van der Waals surface area contributed by atoms with Crippen LogP contribution in [0.15, 0.2) is 48.5 Å². The third kappa shape index (κ3) is 2.52. The van der Waals surface area contributed by atoms with Crippen LogP contribution in [0.25, 0.3) is 11.0 Å². The van der Waals surface area contributed by atoms with Crippen LogP contribution in [0.5, 0.6) is 5.75 Å². The Bertz CT molecular complexity index is 676. The van der Waals surface area contributed by atoms with Crippen LogP contribution in [0.3, 0.4) is 0 Å². The lowest BCUT2D eigenvalue weighted by atomic mass is 10.3. The number of anilines is 2. The number of benzene rings is 2. The van der Waals surface area contributed by atoms with Gasteiger partial charge in [-0.1, -0.05) is 18.2 Å². The van der Waals surface area contributed by atoms with Crippen molar-refractivity contribution in [2.75, 3.05) is 11.9 Å². The second-order valence-corrected chi connectivity index (χ2v) is 4.19. The van der Waals surface area contributed by atoms with E-state index in [4.69, 9.17) is 4.74 Å². The number of nitrogens with zero attached hydrogens (tertiary/aromatic N) is 1. The number of fused-ring (bicyclic) bond motifs is 1. The summed E-state index contributed by atoms with van der Waals surface area (Å²) in [5.41, 5.74) is 2.89.